The molecule has 0 N–H and O–H groups in total. The predicted octanol–water partition coefficient (Wildman–Crippen LogP) is 2.55. The van der Waals surface area contributed by atoms with Crippen LogP contribution in [0.5, 0.6) is 0 Å². The lowest BCUT2D eigenvalue weighted by Gasteiger charge is -2.27. The van der Waals surface area contributed by atoms with Crippen LogP contribution >= 0.6 is 23.4 Å². The Hall–Kier alpha value is -1.26. The van der Waals surface area contributed by atoms with E-state index in [2.05, 4.69) is 4.99 Å². The SMILES string of the molecule is O=C(CCl)N=C1S[C@H]2CS(=O)(=O)C[C@@H]2N1c1ccccc1C(F)(F)F. The number of nitrogens with zero attached hydrogens (tertiary/aromatic N) is 2. The molecule has 0 aliphatic carbocycles. The molecule has 11 heteroatoms. The fraction of sp³-hybridized carbons (Fsp3) is 0.429. The topological polar surface area (TPSA) is 66.8 Å². The molecule has 0 bridgehead atoms. The highest BCUT2D eigenvalue weighted by atomic mass is 35.5. The first kappa shape index (κ1) is 18.5. The van der Waals surface area contributed by atoms with Gasteiger partial charge in [0.25, 0.3) is 5.91 Å². The van der Waals surface area contributed by atoms with Gasteiger partial charge in [-0.25, -0.2) is 8.42 Å². The van der Waals surface area contributed by atoms with Crippen LogP contribution in [0.3, 0.4) is 0 Å². The lowest BCUT2D eigenvalue weighted by Crippen LogP contribution is -2.39. The van der Waals surface area contributed by atoms with Gasteiger partial charge in [0, 0.05) is 5.25 Å². The van der Waals surface area contributed by atoms with Gasteiger partial charge in [-0.1, -0.05) is 23.9 Å². The first-order chi connectivity index (χ1) is 11.6. The zero-order valence-electron chi connectivity index (χ0n) is 12.5. The molecule has 0 unspecified atom stereocenters. The number of hydrogen-bond acceptors (Lipinski definition) is 4. The van der Waals surface area contributed by atoms with Crippen molar-refractivity contribution in [3.05, 3.63) is 29.8 Å². The Balaban J connectivity index is 2.12. The molecule has 0 spiro atoms. The molecule has 0 radical (unpaired) electrons. The molecule has 136 valence electrons. The zero-order valence-corrected chi connectivity index (χ0v) is 14.9. The molecule has 0 aromatic heterocycles. The molecule has 2 saturated heterocycles. The summed E-state index contributed by atoms with van der Waals surface area (Å²) in [5, 5.41) is -0.430. The lowest BCUT2D eigenvalue weighted by molar-refractivity contribution is -0.137. The molecule has 5 nitrogen and oxygen atoms in total. The van der Waals surface area contributed by atoms with Gasteiger partial charge < -0.3 is 4.90 Å². The van der Waals surface area contributed by atoms with Gasteiger partial charge in [0.05, 0.1) is 28.8 Å². The molecule has 1 aromatic rings. The molecule has 2 fully saturated rings. The van der Waals surface area contributed by atoms with E-state index >= 15 is 0 Å². The molecule has 2 atom stereocenters. The first-order valence-corrected chi connectivity index (χ1v) is 10.4. The van der Waals surface area contributed by atoms with Gasteiger partial charge in [0.2, 0.25) is 0 Å². The Bertz CT molecular complexity index is 842. The lowest BCUT2D eigenvalue weighted by atomic mass is 10.1. The number of alkyl halides is 4. The molecule has 3 rings (SSSR count). The third-order valence-corrected chi connectivity index (χ3v) is 7.31. The second-order valence-electron chi connectivity index (χ2n) is 5.61. The van der Waals surface area contributed by atoms with E-state index in [-0.39, 0.29) is 22.4 Å². The van der Waals surface area contributed by atoms with Crippen molar-refractivity contribution in [2.24, 2.45) is 4.99 Å². The van der Waals surface area contributed by atoms with Crippen molar-refractivity contribution in [1.82, 2.24) is 0 Å². The molecule has 0 saturated carbocycles. The van der Waals surface area contributed by atoms with E-state index < -0.39 is 44.7 Å². The van der Waals surface area contributed by atoms with Crippen molar-refractivity contribution in [1.29, 1.82) is 0 Å². The summed E-state index contributed by atoms with van der Waals surface area (Å²) in [5.41, 5.74) is -1.13. The minimum absolute atomic E-state index is 0.0484. The number of amides is 1. The number of thioether (sulfide) groups is 1. The van der Waals surface area contributed by atoms with E-state index in [1.54, 1.807) is 0 Å². The van der Waals surface area contributed by atoms with E-state index in [1.165, 1.54) is 23.1 Å². The zero-order chi connectivity index (χ0) is 18.4. The normalized spacial score (nSPS) is 26.9. The first-order valence-electron chi connectivity index (χ1n) is 7.12. The summed E-state index contributed by atoms with van der Waals surface area (Å²) in [6.45, 7) is 0. The summed E-state index contributed by atoms with van der Waals surface area (Å²) in [5.74, 6) is -1.56. The Morgan fingerprint density at radius 1 is 1.32 bits per heavy atom. The summed E-state index contributed by atoms with van der Waals surface area (Å²) in [6, 6.07) is 4.13. The number of carbonyl (C=O) groups is 1. The van der Waals surface area contributed by atoms with Crippen LogP contribution in [0.15, 0.2) is 29.3 Å². The van der Waals surface area contributed by atoms with Gasteiger partial charge in [-0.2, -0.15) is 18.2 Å². The Labute approximate surface area is 151 Å². The van der Waals surface area contributed by atoms with Gasteiger partial charge in [-0.05, 0) is 12.1 Å². The largest absolute Gasteiger partial charge is 0.418 e. The van der Waals surface area contributed by atoms with Crippen molar-refractivity contribution in [2.45, 2.75) is 17.5 Å². The molecule has 1 amide bonds. The number of hydrogen-bond donors (Lipinski definition) is 0. The van der Waals surface area contributed by atoms with Gasteiger partial charge in [-0.3, -0.25) is 4.79 Å². The third kappa shape index (κ3) is 3.65. The van der Waals surface area contributed by atoms with Crippen molar-refractivity contribution >= 4 is 50.0 Å². The summed E-state index contributed by atoms with van der Waals surface area (Å²) >= 11 is 6.43. The Kier molecular flexibility index (Phi) is 4.80. The van der Waals surface area contributed by atoms with Crippen LogP contribution in [0.1, 0.15) is 5.56 Å². The monoisotopic (exact) mass is 412 g/mol. The van der Waals surface area contributed by atoms with Gasteiger partial charge in [0.1, 0.15) is 5.88 Å². The summed E-state index contributed by atoms with van der Waals surface area (Å²) in [6.07, 6.45) is -4.63. The number of rotatable bonds is 2. The van der Waals surface area contributed by atoms with E-state index in [0.717, 1.165) is 17.8 Å². The standard InChI is InChI=1S/C14H12ClF3N2O3S2/c15-5-12(21)19-13-20(10-6-25(22,23)7-11(10)24-13)9-4-2-1-3-8(9)14(16,17)18/h1-4,10-11H,5-7H2/t10-,11-/m0/s1. The van der Waals surface area contributed by atoms with Crippen LogP contribution in [0, 0.1) is 0 Å². The average Bonchev–Trinajstić information content (AvgIpc) is 2.97. The smallest absolute Gasteiger partial charge is 0.315 e. The molecular weight excluding hydrogens is 401 g/mol. The third-order valence-electron chi connectivity index (χ3n) is 3.87. The summed E-state index contributed by atoms with van der Waals surface area (Å²) in [4.78, 5) is 16.6. The molecule has 2 heterocycles. The van der Waals surface area contributed by atoms with Crippen LogP contribution in [0.4, 0.5) is 18.9 Å². The maximum atomic E-state index is 13.4. The Morgan fingerprint density at radius 3 is 2.64 bits per heavy atom. The number of carbonyl (C=O) groups excluding carboxylic acids is 1. The number of para-hydroxylation sites is 1. The van der Waals surface area contributed by atoms with Crippen molar-refractivity contribution in [3.8, 4) is 0 Å². The summed E-state index contributed by atoms with van der Waals surface area (Å²) < 4.78 is 63.9. The maximum absolute atomic E-state index is 13.4. The van der Waals surface area contributed by atoms with Crippen LogP contribution < -0.4 is 4.90 Å². The van der Waals surface area contributed by atoms with E-state index in [9.17, 15) is 26.4 Å². The van der Waals surface area contributed by atoms with Crippen LogP contribution in [-0.4, -0.2) is 48.2 Å². The highest BCUT2D eigenvalue weighted by molar-refractivity contribution is 8.16. The second kappa shape index (κ2) is 6.48. The van der Waals surface area contributed by atoms with Crippen LogP contribution in [-0.2, 0) is 20.8 Å². The summed E-state index contributed by atoms with van der Waals surface area (Å²) in [7, 11) is -3.36. The number of sulfone groups is 1. The average molecular weight is 413 g/mol. The van der Waals surface area contributed by atoms with Gasteiger partial charge >= 0.3 is 6.18 Å². The molecular formula is C14H12ClF3N2O3S2. The highest BCUT2D eigenvalue weighted by Gasteiger charge is 2.51. The van der Waals surface area contributed by atoms with Crippen LogP contribution in [0.2, 0.25) is 0 Å². The molecule has 2 aliphatic heterocycles. The van der Waals surface area contributed by atoms with Crippen molar-refractivity contribution < 1.29 is 26.4 Å². The number of fused-ring (bicyclic) bond motifs is 1. The van der Waals surface area contributed by atoms with Crippen molar-refractivity contribution in [2.75, 3.05) is 22.3 Å². The molecule has 25 heavy (non-hydrogen) atoms. The minimum Gasteiger partial charge on any atom is -0.315 e. The number of halogens is 4. The van der Waals surface area contributed by atoms with E-state index in [1.807, 2.05) is 0 Å². The Morgan fingerprint density at radius 2 is 2.00 bits per heavy atom. The molecule has 1 aromatic carbocycles. The fourth-order valence-electron chi connectivity index (χ4n) is 2.91. The quantitative estimate of drug-likeness (QED) is 0.698. The number of amidine groups is 1. The molecule has 2 aliphatic rings. The minimum atomic E-state index is -4.63. The highest BCUT2D eigenvalue weighted by Crippen LogP contribution is 2.45. The maximum Gasteiger partial charge on any atom is 0.418 e. The van der Waals surface area contributed by atoms with E-state index in [4.69, 9.17) is 11.6 Å². The second-order valence-corrected chi connectivity index (χ2v) is 9.23. The van der Waals surface area contributed by atoms with Gasteiger partial charge in [-0.15, -0.1) is 11.6 Å². The number of benzene rings is 1. The van der Waals surface area contributed by atoms with Crippen molar-refractivity contribution in [3.63, 3.8) is 0 Å². The predicted molar refractivity (Wildman–Crippen MR) is 90.9 cm³/mol. The van der Waals surface area contributed by atoms with E-state index in [0.29, 0.717) is 0 Å². The fourth-order valence-corrected chi connectivity index (χ4v) is 6.89. The van der Waals surface area contributed by atoms with Gasteiger partial charge in [0.15, 0.2) is 15.0 Å². The number of aliphatic imine (C=N–C) groups is 1. The number of anilines is 1. The van der Waals surface area contributed by atoms with Crippen LogP contribution in [0.25, 0.3) is 0 Å².